The molecule has 0 saturated heterocycles. The quantitative estimate of drug-likeness (QED) is 0.0970. The Morgan fingerprint density at radius 1 is 0.638 bits per heavy atom. The Balaban J connectivity index is 0.000000222. The maximum Gasteiger partial charge on any atom is 0.343 e. The number of esters is 5. The Bertz CT molecular complexity index is 2190. The van der Waals surface area contributed by atoms with Crippen LogP contribution in [-0.4, -0.2) is 49.2 Å². The first-order valence-corrected chi connectivity index (χ1v) is 18.7. The Labute approximate surface area is 345 Å². The number of rotatable bonds is 9. The van der Waals surface area contributed by atoms with Crippen LogP contribution in [0.15, 0.2) is 96.4 Å². The van der Waals surface area contributed by atoms with Gasteiger partial charge in [-0.1, -0.05) is 97.7 Å². The molecule has 0 radical (unpaired) electrons. The highest BCUT2D eigenvalue weighted by molar-refractivity contribution is 6.31. The van der Waals surface area contributed by atoms with E-state index in [2.05, 4.69) is 4.74 Å². The van der Waals surface area contributed by atoms with Crippen LogP contribution >= 0.6 is 23.2 Å². The molecule has 0 amide bonds. The van der Waals surface area contributed by atoms with Crippen LogP contribution in [0.25, 0.3) is 11.1 Å². The molecule has 0 saturated carbocycles. The average Bonchev–Trinajstić information content (AvgIpc) is 3.67. The molecule has 0 aliphatic carbocycles. The molecule has 0 bridgehead atoms. The van der Waals surface area contributed by atoms with Crippen molar-refractivity contribution in [3.8, 4) is 11.5 Å². The lowest BCUT2D eigenvalue weighted by Crippen LogP contribution is -2.08. The number of hydrogen-bond acceptors (Lipinski definition) is 12. The Kier molecular flexibility index (Phi) is 15.7. The van der Waals surface area contributed by atoms with Gasteiger partial charge in [0.1, 0.15) is 22.6 Å². The molecule has 0 aromatic heterocycles. The van der Waals surface area contributed by atoms with Crippen LogP contribution in [0.4, 0.5) is 0 Å². The van der Waals surface area contributed by atoms with Crippen LogP contribution in [0.5, 0.6) is 11.5 Å². The fourth-order valence-electron chi connectivity index (χ4n) is 6.25. The minimum absolute atomic E-state index is 0.110. The lowest BCUT2D eigenvalue weighted by molar-refractivity contribution is -0.156. The third-order valence-corrected chi connectivity index (χ3v) is 9.03. The van der Waals surface area contributed by atoms with Crippen molar-refractivity contribution in [2.75, 3.05) is 14.2 Å². The fourth-order valence-corrected chi connectivity index (χ4v) is 6.71. The van der Waals surface area contributed by atoms with E-state index in [0.717, 1.165) is 11.1 Å². The van der Waals surface area contributed by atoms with E-state index in [1.165, 1.54) is 35.0 Å². The zero-order valence-electron chi connectivity index (χ0n) is 32.8. The summed E-state index contributed by atoms with van der Waals surface area (Å²) in [5, 5.41) is 11.7. The highest BCUT2D eigenvalue weighted by Gasteiger charge is 2.41. The van der Waals surface area contributed by atoms with E-state index in [0.29, 0.717) is 56.6 Å². The summed E-state index contributed by atoms with van der Waals surface area (Å²) < 4.78 is 31.2. The second-order valence-electron chi connectivity index (χ2n) is 12.6. The molecule has 12 nitrogen and oxygen atoms in total. The van der Waals surface area contributed by atoms with Crippen molar-refractivity contribution >= 4 is 64.2 Å². The van der Waals surface area contributed by atoms with Gasteiger partial charge >= 0.3 is 29.8 Å². The molecule has 58 heavy (non-hydrogen) atoms. The van der Waals surface area contributed by atoms with Gasteiger partial charge in [0, 0.05) is 53.1 Å². The Morgan fingerprint density at radius 3 is 1.45 bits per heavy atom. The first-order valence-electron chi connectivity index (χ1n) is 17.9. The zero-order valence-corrected chi connectivity index (χ0v) is 34.4. The van der Waals surface area contributed by atoms with Crippen LogP contribution in [0, 0.1) is 0 Å². The molecule has 0 fully saturated rings. The lowest BCUT2D eigenvalue weighted by Gasteiger charge is -2.15. The maximum atomic E-state index is 12.8. The van der Waals surface area contributed by atoms with Crippen molar-refractivity contribution in [1.82, 2.24) is 0 Å². The lowest BCUT2D eigenvalue weighted by atomic mass is 9.95. The van der Waals surface area contributed by atoms with Crippen LogP contribution in [0.2, 0.25) is 10.0 Å². The van der Waals surface area contributed by atoms with Crippen LogP contribution in [0.3, 0.4) is 0 Å². The number of ether oxygens (including phenoxy) is 6. The number of carbonyl (C=O) groups is 5. The molecule has 0 spiro atoms. The fraction of sp³-hybridized carbons (Fsp3) is 0.250. The number of halogens is 2. The van der Waals surface area contributed by atoms with E-state index < -0.39 is 42.1 Å². The van der Waals surface area contributed by atoms with E-state index in [-0.39, 0.29) is 22.7 Å². The molecule has 2 atom stereocenters. The van der Waals surface area contributed by atoms with Crippen LogP contribution < -0.4 is 9.47 Å². The van der Waals surface area contributed by atoms with E-state index >= 15 is 0 Å². The SMILES string of the molecule is CC(=O)OC(C)=O.CCc1cc(Cl)cc(OC)c1C1=C(O)C(c2ccccc2)OC1=O.CCc1cc(Cl)cc(OC)c1C1=C(OC(C)=O)C(c2ccccc2)OC1=O. The standard InChI is InChI=1S/C21H19ClO5.C19H17ClO4.C4H6O3/c1-4-13-10-15(22)11-16(25-3)17(13)18-20(26-12(2)23)19(27-21(18)24)14-8-6-5-7-9-14;1-3-11-9-13(20)10-14(23-2)15(11)16-17(21)18(24-19(16)22)12-7-5-4-6-8-12;1-3(5)7-4(2)6/h5-11,19H,4H2,1-3H3;4-10,18,21H,3H2,1-2H3;1-2H3. The molecule has 14 heteroatoms. The molecule has 2 aliphatic heterocycles. The van der Waals surface area contributed by atoms with Gasteiger partial charge in [-0.3, -0.25) is 14.4 Å². The number of benzene rings is 4. The van der Waals surface area contributed by atoms with Crippen molar-refractivity contribution < 1.29 is 57.5 Å². The molecular weight excluding hydrogens is 791 g/mol. The maximum absolute atomic E-state index is 12.8. The van der Waals surface area contributed by atoms with Crippen LogP contribution in [-0.2, 0) is 55.8 Å². The summed E-state index contributed by atoms with van der Waals surface area (Å²) in [5.41, 5.74) is 4.41. The zero-order chi connectivity index (χ0) is 42.7. The van der Waals surface area contributed by atoms with Gasteiger partial charge in [-0.15, -0.1) is 0 Å². The van der Waals surface area contributed by atoms with E-state index in [9.17, 15) is 29.1 Å². The summed E-state index contributed by atoms with van der Waals surface area (Å²) >= 11 is 12.3. The summed E-state index contributed by atoms with van der Waals surface area (Å²) in [4.78, 5) is 56.6. The van der Waals surface area contributed by atoms with Crippen molar-refractivity contribution in [3.63, 3.8) is 0 Å². The Morgan fingerprint density at radius 2 is 1.05 bits per heavy atom. The number of methoxy groups -OCH3 is 2. The monoisotopic (exact) mass is 832 g/mol. The molecule has 2 aliphatic rings. The predicted octanol–water partition coefficient (Wildman–Crippen LogP) is 9.06. The van der Waals surface area contributed by atoms with Gasteiger partial charge < -0.3 is 33.5 Å². The number of aryl methyl sites for hydroxylation is 2. The molecule has 6 rings (SSSR count). The second-order valence-corrected chi connectivity index (χ2v) is 13.4. The number of aliphatic hydroxyl groups is 1. The van der Waals surface area contributed by atoms with Gasteiger partial charge in [0.25, 0.3) is 0 Å². The highest BCUT2D eigenvalue weighted by atomic mass is 35.5. The van der Waals surface area contributed by atoms with Crippen molar-refractivity contribution in [3.05, 3.63) is 140 Å². The number of hydrogen-bond donors (Lipinski definition) is 1. The first-order chi connectivity index (χ1) is 27.6. The normalized spacial score (nSPS) is 15.6. The van der Waals surface area contributed by atoms with Gasteiger partial charge in [0.15, 0.2) is 23.7 Å². The van der Waals surface area contributed by atoms with Gasteiger partial charge in [-0.2, -0.15) is 0 Å². The van der Waals surface area contributed by atoms with Gasteiger partial charge in [0.2, 0.25) is 0 Å². The summed E-state index contributed by atoms with van der Waals surface area (Å²) in [6.45, 7) is 7.54. The number of carbonyl (C=O) groups excluding carboxylic acids is 5. The first kappa shape index (κ1) is 44.6. The Hall–Kier alpha value is -6.11. The molecule has 4 aromatic carbocycles. The van der Waals surface area contributed by atoms with Crippen molar-refractivity contribution in [2.24, 2.45) is 0 Å². The number of aliphatic hydroxyl groups excluding tert-OH is 1. The molecule has 304 valence electrons. The molecule has 2 heterocycles. The van der Waals surface area contributed by atoms with Crippen molar-refractivity contribution in [2.45, 2.75) is 59.7 Å². The third kappa shape index (κ3) is 10.6. The summed E-state index contributed by atoms with van der Waals surface area (Å²) in [7, 11) is 3.00. The van der Waals surface area contributed by atoms with Gasteiger partial charge in [-0.25, -0.2) is 9.59 Å². The minimum Gasteiger partial charge on any atom is -0.507 e. The number of cyclic esters (lactones) is 2. The van der Waals surface area contributed by atoms with Crippen LogP contribution in [0.1, 0.15) is 80.2 Å². The second kappa shape index (κ2) is 20.4. The third-order valence-electron chi connectivity index (χ3n) is 8.59. The summed E-state index contributed by atoms with van der Waals surface area (Å²) in [5.74, 6) is -1.90. The highest BCUT2D eigenvalue weighted by Crippen LogP contribution is 2.46. The minimum atomic E-state index is -0.807. The summed E-state index contributed by atoms with van der Waals surface area (Å²) in [6, 6.07) is 25.0. The van der Waals surface area contributed by atoms with E-state index in [4.69, 9.17) is 46.9 Å². The largest absolute Gasteiger partial charge is 0.507 e. The van der Waals surface area contributed by atoms with Crippen molar-refractivity contribution in [1.29, 1.82) is 0 Å². The molecule has 4 aromatic rings. The average molecular weight is 834 g/mol. The predicted molar refractivity (Wildman–Crippen MR) is 216 cm³/mol. The summed E-state index contributed by atoms with van der Waals surface area (Å²) in [6.07, 6.45) is -0.375. The molecular formula is C44H42Cl2O12. The topological polar surface area (TPSA) is 161 Å². The molecule has 2 unspecified atom stereocenters. The van der Waals surface area contributed by atoms with Gasteiger partial charge in [-0.05, 0) is 48.2 Å². The van der Waals surface area contributed by atoms with E-state index in [1.54, 1.807) is 36.4 Å². The van der Waals surface area contributed by atoms with Gasteiger partial charge in [0.05, 0.1) is 14.2 Å². The molecule has 1 N–H and O–H groups in total. The smallest absolute Gasteiger partial charge is 0.343 e. The van der Waals surface area contributed by atoms with E-state index in [1.807, 2.05) is 62.4 Å².